The van der Waals surface area contributed by atoms with Crippen molar-refractivity contribution >= 4 is 51.1 Å². The van der Waals surface area contributed by atoms with Gasteiger partial charge in [-0.15, -0.1) is 0 Å². The summed E-state index contributed by atoms with van der Waals surface area (Å²) in [5, 5.41) is 3.66. The normalized spacial score (nSPS) is 15.2. The van der Waals surface area contributed by atoms with E-state index < -0.39 is 6.09 Å². The number of furan rings is 1. The Morgan fingerprint density at radius 1 is 1.10 bits per heavy atom. The largest absolute Gasteiger partial charge is 0.462 e. The van der Waals surface area contributed by atoms with Gasteiger partial charge in [-0.05, 0) is 72.8 Å². The highest BCUT2D eigenvalue weighted by Crippen LogP contribution is 2.24. The van der Waals surface area contributed by atoms with Crippen LogP contribution in [0, 0.1) is 9.49 Å². The van der Waals surface area contributed by atoms with E-state index in [1.54, 1.807) is 12.3 Å². The Hall–Kier alpha value is -2.39. The van der Waals surface area contributed by atoms with Crippen LogP contribution in [0.5, 0.6) is 0 Å². The highest BCUT2D eigenvalue weighted by atomic mass is 127. The molecule has 1 aliphatic heterocycles. The van der Waals surface area contributed by atoms with E-state index in [2.05, 4.69) is 32.8 Å². The number of hydrogen-bond donors (Lipinski definition) is 1. The molecule has 0 aliphatic carbocycles. The van der Waals surface area contributed by atoms with Crippen molar-refractivity contribution in [1.82, 2.24) is 4.90 Å². The van der Waals surface area contributed by atoms with Crippen LogP contribution in [0.1, 0.15) is 23.2 Å². The van der Waals surface area contributed by atoms with Crippen LogP contribution in [0.25, 0.3) is 11.0 Å². The summed E-state index contributed by atoms with van der Waals surface area (Å²) in [7, 11) is 0. The predicted octanol–water partition coefficient (Wildman–Crippen LogP) is 5.18. The number of fused-ring (bicyclic) bond motifs is 1. The lowest BCUT2D eigenvalue weighted by Crippen LogP contribution is -2.38. The van der Waals surface area contributed by atoms with Crippen LogP contribution in [0.15, 0.2) is 59.2 Å². The van der Waals surface area contributed by atoms with Crippen LogP contribution >= 0.6 is 22.6 Å². The second-order valence-electron chi connectivity index (χ2n) is 7.39. The summed E-state index contributed by atoms with van der Waals surface area (Å²) in [6.07, 6.45) is 2.76. The molecule has 30 heavy (non-hydrogen) atoms. The minimum absolute atomic E-state index is 0.0688. The molecular formula is C23H23IN2O4. The van der Waals surface area contributed by atoms with Gasteiger partial charge in [-0.2, -0.15) is 0 Å². The summed E-state index contributed by atoms with van der Waals surface area (Å²) in [6.45, 7) is 2.62. The van der Waals surface area contributed by atoms with Gasteiger partial charge in [0.25, 0.3) is 0 Å². The number of rotatable bonds is 6. The lowest BCUT2D eigenvalue weighted by atomic mass is 9.89. The van der Waals surface area contributed by atoms with Gasteiger partial charge in [0.15, 0.2) is 11.4 Å². The van der Waals surface area contributed by atoms with Gasteiger partial charge in [-0.1, -0.05) is 24.3 Å². The van der Waals surface area contributed by atoms with Gasteiger partial charge < -0.3 is 9.15 Å². The van der Waals surface area contributed by atoms with Crippen molar-refractivity contribution in [1.29, 1.82) is 0 Å². The van der Waals surface area contributed by atoms with Gasteiger partial charge in [0.2, 0.25) is 0 Å². The molecule has 4 rings (SSSR count). The third kappa shape index (κ3) is 5.02. The number of Topliss-reactive ketones (excluding diaryl/α,β-unsaturated/α-hetero) is 1. The number of anilines is 1. The molecule has 1 amide bonds. The summed E-state index contributed by atoms with van der Waals surface area (Å²) in [5.74, 6) is 0.299. The SMILES string of the molecule is O=C(Nc1cccc2ccoc12)OCCN1CCC(C(=O)c2ccc(I)cc2)CC1. The highest BCUT2D eigenvalue weighted by molar-refractivity contribution is 14.1. The molecule has 1 aromatic heterocycles. The van der Waals surface area contributed by atoms with Crippen molar-refractivity contribution in [2.45, 2.75) is 12.8 Å². The van der Waals surface area contributed by atoms with Crippen molar-refractivity contribution in [3.63, 3.8) is 0 Å². The first-order valence-electron chi connectivity index (χ1n) is 10.0. The maximum atomic E-state index is 12.7. The Balaban J connectivity index is 1.19. The molecule has 0 atom stereocenters. The minimum Gasteiger partial charge on any atom is -0.462 e. The van der Waals surface area contributed by atoms with E-state index in [1.165, 1.54) is 0 Å². The number of halogens is 1. The van der Waals surface area contributed by atoms with Crippen molar-refractivity contribution in [2.24, 2.45) is 5.92 Å². The summed E-state index contributed by atoms with van der Waals surface area (Å²) < 4.78 is 11.9. The minimum atomic E-state index is -0.498. The zero-order valence-corrected chi connectivity index (χ0v) is 18.6. The van der Waals surface area contributed by atoms with Crippen LogP contribution < -0.4 is 5.32 Å². The van der Waals surface area contributed by atoms with E-state index in [4.69, 9.17) is 9.15 Å². The van der Waals surface area contributed by atoms with Crippen molar-refractivity contribution < 1.29 is 18.7 Å². The molecule has 7 heteroatoms. The van der Waals surface area contributed by atoms with Gasteiger partial charge in [0.1, 0.15) is 6.61 Å². The molecule has 1 saturated heterocycles. The smallest absolute Gasteiger partial charge is 0.411 e. The summed E-state index contributed by atoms with van der Waals surface area (Å²) in [6, 6.07) is 15.2. The molecule has 0 bridgehead atoms. The Bertz CT molecular complexity index is 1020. The number of amides is 1. The van der Waals surface area contributed by atoms with Crippen LogP contribution in [-0.2, 0) is 4.74 Å². The highest BCUT2D eigenvalue weighted by Gasteiger charge is 2.25. The Morgan fingerprint density at radius 2 is 1.87 bits per heavy atom. The summed E-state index contributed by atoms with van der Waals surface area (Å²) in [4.78, 5) is 27.0. The number of nitrogens with one attached hydrogen (secondary N) is 1. The van der Waals surface area contributed by atoms with Gasteiger partial charge in [0.05, 0.1) is 12.0 Å². The van der Waals surface area contributed by atoms with Crippen molar-refractivity contribution in [2.75, 3.05) is 31.6 Å². The second-order valence-corrected chi connectivity index (χ2v) is 8.64. The second kappa shape index (κ2) is 9.61. The summed E-state index contributed by atoms with van der Waals surface area (Å²) >= 11 is 2.24. The van der Waals surface area contributed by atoms with Crippen LogP contribution in [0.3, 0.4) is 0 Å². The maximum Gasteiger partial charge on any atom is 0.411 e. The zero-order valence-electron chi connectivity index (χ0n) is 16.5. The van der Waals surface area contributed by atoms with Crippen molar-refractivity contribution in [3.8, 4) is 0 Å². The van der Waals surface area contributed by atoms with E-state index in [-0.39, 0.29) is 11.7 Å². The topological polar surface area (TPSA) is 71.8 Å². The zero-order chi connectivity index (χ0) is 20.9. The third-order valence-electron chi connectivity index (χ3n) is 5.44. The number of hydrogen-bond acceptors (Lipinski definition) is 5. The standard InChI is InChI=1S/C23H23IN2O4/c24-19-6-4-16(5-7-19)21(27)17-8-11-26(12-9-17)13-15-30-23(28)25-20-3-1-2-18-10-14-29-22(18)20/h1-7,10,14,17H,8-9,11-13,15H2,(H,25,28). The number of nitrogens with zero attached hydrogens (tertiary/aromatic N) is 1. The maximum absolute atomic E-state index is 12.7. The Kier molecular flexibility index (Phi) is 6.69. The molecule has 2 aromatic carbocycles. The molecule has 1 aliphatic rings. The third-order valence-corrected chi connectivity index (χ3v) is 6.16. The first-order valence-corrected chi connectivity index (χ1v) is 11.1. The molecule has 3 aromatic rings. The molecule has 1 N–H and O–H groups in total. The van der Waals surface area contributed by atoms with E-state index in [0.29, 0.717) is 24.4 Å². The number of piperidine rings is 1. The Labute approximate surface area is 188 Å². The lowest BCUT2D eigenvalue weighted by Gasteiger charge is -2.31. The van der Waals surface area contributed by atoms with Crippen molar-refractivity contribution in [3.05, 3.63) is 63.9 Å². The number of carbonyl (C=O) groups excluding carboxylic acids is 2. The molecule has 156 valence electrons. The molecule has 0 unspecified atom stereocenters. The average molecular weight is 518 g/mol. The molecule has 0 saturated carbocycles. The number of carbonyl (C=O) groups is 2. The first-order chi connectivity index (χ1) is 14.6. The number of para-hydroxylation sites is 1. The van der Waals surface area contributed by atoms with Gasteiger partial charge in [-0.3, -0.25) is 15.0 Å². The number of benzene rings is 2. The summed E-state index contributed by atoms with van der Waals surface area (Å²) in [5.41, 5.74) is 2.02. The van der Waals surface area contributed by atoms with Crippen LogP contribution in [0.4, 0.5) is 10.5 Å². The van der Waals surface area contributed by atoms with Gasteiger partial charge in [-0.25, -0.2) is 4.79 Å². The number of ether oxygens (including phenoxy) is 1. The van der Waals surface area contributed by atoms with Crippen LogP contribution in [0.2, 0.25) is 0 Å². The van der Waals surface area contributed by atoms with E-state index in [9.17, 15) is 9.59 Å². The number of likely N-dealkylation sites (tertiary alicyclic amines) is 1. The fraction of sp³-hybridized carbons (Fsp3) is 0.304. The molecule has 1 fully saturated rings. The van der Waals surface area contributed by atoms with Gasteiger partial charge >= 0.3 is 6.09 Å². The fourth-order valence-corrected chi connectivity index (χ4v) is 4.13. The number of ketones is 1. The molecule has 2 heterocycles. The first kappa shape index (κ1) is 20.9. The predicted molar refractivity (Wildman–Crippen MR) is 124 cm³/mol. The monoisotopic (exact) mass is 518 g/mol. The van der Waals surface area contributed by atoms with Gasteiger partial charge in [0, 0.05) is 27.0 Å². The van der Waals surface area contributed by atoms with E-state index in [1.807, 2.05) is 42.5 Å². The van der Waals surface area contributed by atoms with E-state index >= 15 is 0 Å². The quantitative estimate of drug-likeness (QED) is 0.360. The van der Waals surface area contributed by atoms with E-state index in [0.717, 1.165) is 40.5 Å². The van der Waals surface area contributed by atoms with Crippen LogP contribution in [-0.4, -0.2) is 43.0 Å². The lowest BCUT2D eigenvalue weighted by molar-refractivity contribution is 0.0813. The molecule has 6 nitrogen and oxygen atoms in total. The Morgan fingerprint density at radius 3 is 2.63 bits per heavy atom. The molecule has 0 spiro atoms. The average Bonchev–Trinajstić information content (AvgIpc) is 3.24. The fourth-order valence-electron chi connectivity index (χ4n) is 3.77. The molecule has 0 radical (unpaired) electrons. The molecular weight excluding hydrogens is 495 g/mol.